The molecule has 1 saturated heterocycles. The molecule has 2 aromatic heterocycles. The normalized spacial score (nSPS) is 15.4. The van der Waals surface area contributed by atoms with E-state index in [1.165, 1.54) is 17.4 Å². The zero-order chi connectivity index (χ0) is 21.2. The van der Waals surface area contributed by atoms with Crippen LogP contribution in [0.25, 0.3) is 22.4 Å². The Kier molecular flexibility index (Phi) is 5.38. The number of thioether (sulfide) groups is 1. The first-order chi connectivity index (χ1) is 15.2. The minimum Gasteiger partial charge on any atom is -0.411 e. The number of carbonyl (C=O) groups is 1. The van der Waals surface area contributed by atoms with Gasteiger partial charge in [0.15, 0.2) is 0 Å². The zero-order valence-corrected chi connectivity index (χ0v) is 18.0. The second-order valence-corrected chi connectivity index (χ2v) is 8.82. The number of hydrogen-bond acceptors (Lipinski definition) is 6. The molecule has 1 aliphatic rings. The Bertz CT molecular complexity index is 1180. The van der Waals surface area contributed by atoms with E-state index in [1.807, 2.05) is 60.5 Å². The second-order valence-electron chi connectivity index (χ2n) is 7.53. The fourth-order valence-electron chi connectivity index (χ4n) is 3.90. The first-order valence-electron chi connectivity index (χ1n) is 10.3. The third-order valence-electron chi connectivity index (χ3n) is 5.56. The van der Waals surface area contributed by atoms with E-state index in [-0.39, 0.29) is 11.2 Å². The van der Waals surface area contributed by atoms with Crippen molar-refractivity contribution in [2.24, 2.45) is 0 Å². The predicted octanol–water partition coefficient (Wildman–Crippen LogP) is 4.05. The van der Waals surface area contributed by atoms with Crippen molar-refractivity contribution in [2.45, 2.75) is 17.4 Å². The number of H-pyrrole nitrogens is 1. The van der Waals surface area contributed by atoms with Crippen LogP contribution in [-0.2, 0) is 4.79 Å². The summed E-state index contributed by atoms with van der Waals surface area (Å²) in [6, 6.07) is 18.3. The number of para-hydroxylation sites is 2. The predicted molar refractivity (Wildman–Crippen MR) is 122 cm³/mol. The zero-order valence-electron chi connectivity index (χ0n) is 17.2. The lowest BCUT2D eigenvalue weighted by atomic mass is 10.2. The number of benzene rings is 2. The van der Waals surface area contributed by atoms with E-state index in [4.69, 9.17) is 4.42 Å². The molecule has 4 aromatic rings. The van der Waals surface area contributed by atoms with Crippen LogP contribution in [0.15, 0.2) is 70.4 Å². The maximum absolute atomic E-state index is 12.9. The molecule has 0 radical (unpaired) electrons. The van der Waals surface area contributed by atoms with Crippen LogP contribution in [0.5, 0.6) is 0 Å². The quantitative estimate of drug-likeness (QED) is 0.479. The number of nitrogens with one attached hydrogen (secondary N) is 1. The average molecular weight is 434 g/mol. The number of piperazine rings is 1. The Morgan fingerprint density at radius 2 is 1.77 bits per heavy atom. The van der Waals surface area contributed by atoms with Gasteiger partial charge in [0.25, 0.3) is 11.1 Å². The van der Waals surface area contributed by atoms with Gasteiger partial charge in [0.2, 0.25) is 5.91 Å². The molecule has 0 aliphatic carbocycles. The van der Waals surface area contributed by atoms with Gasteiger partial charge < -0.3 is 19.2 Å². The van der Waals surface area contributed by atoms with Crippen LogP contribution >= 0.6 is 11.8 Å². The van der Waals surface area contributed by atoms with Gasteiger partial charge in [-0.05, 0) is 25.1 Å². The van der Waals surface area contributed by atoms with Gasteiger partial charge >= 0.3 is 0 Å². The molecule has 1 aliphatic heterocycles. The standard InChI is InChI=1S/C23H23N5O2S/c1-16(22(29)28-13-11-27(12-14-28)17-7-3-2-4-8-17)31-23-26-25-21(30-23)19-15-24-20-10-6-5-9-18(19)20/h2-10,15-16,24H,11-14H2,1H3/t16-/m0/s1. The summed E-state index contributed by atoms with van der Waals surface area (Å²) in [6.07, 6.45) is 1.87. The Balaban J connectivity index is 1.21. The Hall–Kier alpha value is -3.26. The minimum absolute atomic E-state index is 0.101. The van der Waals surface area contributed by atoms with Crippen molar-refractivity contribution >= 4 is 34.3 Å². The summed E-state index contributed by atoms with van der Waals surface area (Å²) in [6.45, 7) is 4.98. The molecule has 0 spiro atoms. The summed E-state index contributed by atoms with van der Waals surface area (Å²) < 4.78 is 5.86. The van der Waals surface area contributed by atoms with Crippen LogP contribution in [0.3, 0.4) is 0 Å². The summed E-state index contributed by atoms with van der Waals surface area (Å²) in [4.78, 5) is 20.4. The number of rotatable bonds is 5. The van der Waals surface area contributed by atoms with E-state index in [2.05, 4.69) is 32.2 Å². The number of aromatic amines is 1. The molecule has 31 heavy (non-hydrogen) atoms. The van der Waals surface area contributed by atoms with E-state index < -0.39 is 0 Å². The monoisotopic (exact) mass is 433 g/mol. The summed E-state index contributed by atoms with van der Waals surface area (Å²) in [5.41, 5.74) is 3.08. The molecule has 0 unspecified atom stereocenters. The van der Waals surface area contributed by atoms with Crippen molar-refractivity contribution in [1.29, 1.82) is 0 Å². The fraction of sp³-hybridized carbons (Fsp3) is 0.261. The van der Waals surface area contributed by atoms with Crippen LogP contribution in [0, 0.1) is 0 Å². The molecular formula is C23H23N5O2S. The Morgan fingerprint density at radius 1 is 1.03 bits per heavy atom. The van der Waals surface area contributed by atoms with Gasteiger partial charge in [-0.1, -0.05) is 48.2 Å². The molecule has 3 heterocycles. The Labute approximate surface area is 184 Å². The highest BCUT2D eigenvalue weighted by Crippen LogP contribution is 2.31. The maximum Gasteiger partial charge on any atom is 0.277 e. The molecule has 1 atom stereocenters. The van der Waals surface area contributed by atoms with Crippen LogP contribution in [0.2, 0.25) is 0 Å². The summed E-state index contributed by atoms with van der Waals surface area (Å²) in [7, 11) is 0. The topological polar surface area (TPSA) is 78.3 Å². The molecule has 8 heteroatoms. The molecule has 0 bridgehead atoms. The van der Waals surface area contributed by atoms with E-state index in [0.717, 1.165) is 29.6 Å². The lowest BCUT2D eigenvalue weighted by Crippen LogP contribution is -2.50. The van der Waals surface area contributed by atoms with Crippen LogP contribution in [0.1, 0.15) is 6.92 Å². The van der Waals surface area contributed by atoms with Gasteiger partial charge in [0, 0.05) is 49.0 Å². The third kappa shape index (κ3) is 4.03. The van der Waals surface area contributed by atoms with Crippen molar-refractivity contribution in [3.05, 3.63) is 60.8 Å². The number of nitrogens with zero attached hydrogens (tertiary/aromatic N) is 4. The molecule has 0 saturated carbocycles. The van der Waals surface area contributed by atoms with E-state index in [1.54, 1.807) is 0 Å². The van der Waals surface area contributed by atoms with E-state index in [9.17, 15) is 4.79 Å². The highest BCUT2D eigenvalue weighted by atomic mass is 32.2. The molecule has 2 aromatic carbocycles. The van der Waals surface area contributed by atoms with Crippen LogP contribution < -0.4 is 4.90 Å². The second kappa shape index (κ2) is 8.47. The lowest BCUT2D eigenvalue weighted by molar-refractivity contribution is -0.130. The molecule has 1 amide bonds. The maximum atomic E-state index is 12.9. The van der Waals surface area contributed by atoms with Crippen molar-refractivity contribution in [3.63, 3.8) is 0 Å². The molecule has 158 valence electrons. The average Bonchev–Trinajstić information content (AvgIpc) is 3.46. The van der Waals surface area contributed by atoms with Crippen molar-refractivity contribution in [3.8, 4) is 11.5 Å². The Morgan fingerprint density at radius 3 is 2.58 bits per heavy atom. The number of hydrogen-bond donors (Lipinski definition) is 1. The van der Waals surface area contributed by atoms with E-state index >= 15 is 0 Å². The fourth-order valence-corrected chi connectivity index (χ4v) is 4.66. The minimum atomic E-state index is -0.292. The number of amides is 1. The highest BCUT2D eigenvalue weighted by molar-refractivity contribution is 8.00. The van der Waals surface area contributed by atoms with E-state index in [0.29, 0.717) is 24.2 Å². The van der Waals surface area contributed by atoms with Crippen molar-refractivity contribution in [1.82, 2.24) is 20.1 Å². The first kappa shape index (κ1) is 19.7. The lowest BCUT2D eigenvalue weighted by Gasteiger charge is -2.37. The summed E-state index contributed by atoms with van der Waals surface area (Å²) in [5.74, 6) is 0.556. The molecule has 5 rings (SSSR count). The molecule has 1 N–H and O–H groups in total. The van der Waals surface area contributed by atoms with Crippen molar-refractivity contribution < 1.29 is 9.21 Å². The largest absolute Gasteiger partial charge is 0.411 e. The number of carbonyl (C=O) groups excluding carboxylic acids is 1. The number of fused-ring (bicyclic) bond motifs is 1. The van der Waals surface area contributed by atoms with Gasteiger partial charge in [-0.15, -0.1) is 10.2 Å². The van der Waals surface area contributed by atoms with Gasteiger partial charge in [0.1, 0.15) is 0 Å². The first-order valence-corrected chi connectivity index (χ1v) is 11.2. The van der Waals surface area contributed by atoms with Gasteiger partial charge in [-0.3, -0.25) is 4.79 Å². The smallest absolute Gasteiger partial charge is 0.277 e. The molecule has 7 nitrogen and oxygen atoms in total. The molecule has 1 fully saturated rings. The van der Waals surface area contributed by atoms with Gasteiger partial charge in [-0.2, -0.15) is 0 Å². The summed E-state index contributed by atoms with van der Waals surface area (Å²) in [5, 5.41) is 9.48. The van der Waals surface area contributed by atoms with Gasteiger partial charge in [-0.25, -0.2) is 0 Å². The SMILES string of the molecule is C[C@H](Sc1nnc(-c2c[nH]c3ccccc23)o1)C(=O)N1CCN(c2ccccc2)CC1. The number of aromatic nitrogens is 3. The summed E-state index contributed by atoms with van der Waals surface area (Å²) >= 11 is 1.31. The highest BCUT2D eigenvalue weighted by Gasteiger charge is 2.27. The molecular weight excluding hydrogens is 410 g/mol. The van der Waals surface area contributed by atoms with Gasteiger partial charge in [0.05, 0.1) is 10.8 Å². The number of anilines is 1. The van der Waals surface area contributed by atoms with Crippen molar-refractivity contribution in [2.75, 3.05) is 31.1 Å². The van der Waals surface area contributed by atoms with Crippen LogP contribution in [0.4, 0.5) is 5.69 Å². The third-order valence-corrected chi connectivity index (χ3v) is 6.49. The van der Waals surface area contributed by atoms with Crippen LogP contribution in [-0.4, -0.2) is 57.4 Å².